The molecule has 0 aliphatic carbocycles. The highest BCUT2D eigenvalue weighted by atomic mass is 16.1. The number of carbonyl (C=O) groups excluding carboxylic acids is 1. The van der Waals surface area contributed by atoms with E-state index in [1.165, 1.54) is 0 Å². The summed E-state index contributed by atoms with van der Waals surface area (Å²) in [7, 11) is 0. The summed E-state index contributed by atoms with van der Waals surface area (Å²) in [6.45, 7) is 3.46. The number of aromatic amines is 1. The van der Waals surface area contributed by atoms with Crippen LogP contribution < -0.4 is 5.32 Å². The number of amides is 1. The Hall–Kier alpha value is -1.76. The lowest BCUT2D eigenvalue weighted by molar-refractivity contribution is -0.116. The van der Waals surface area contributed by atoms with Crippen molar-refractivity contribution in [1.29, 1.82) is 0 Å². The van der Waals surface area contributed by atoms with Gasteiger partial charge in [0.2, 0.25) is 0 Å². The van der Waals surface area contributed by atoms with Crippen LogP contribution in [0.4, 0.5) is 0 Å². The SMILES string of the molecule is CC#CC(=O)NC(C)c1ncc[nH]1. The lowest BCUT2D eigenvalue weighted by Gasteiger charge is -2.07. The number of hydrogen-bond donors (Lipinski definition) is 2. The van der Waals surface area contributed by atoms with Crippen molar-refractivity contribution in [1.82, 2.24) is 15.3 Å². The predicted molar refractivity (Wildman–Crippen MR) is 48.6 cm³/mol. The molecule has 0 aliphatic rings. The molecule has 0 aliphatic heterocycles. The zero-order valence-corrected chi connectivity index (χ0v) is 7.59. The van der Waals surface area contributed by atoms with Gasteiger partial charge < -0.3 is 10.3 Å². The van der Waals surface area contributed by atoms with Crippen molar-refractivity contribution < 1.29 is 4.79 Å². The van der Waals surface area contributed by atoms with Crippen LogP contribution in [0.2, 0.25) is 0 Å². The van der Waals surface area contributed by atoms with Crippen LogP contribution in [0.1, 0.15) is 25.7 Å². The summed E-state index contributed by atoms with van der Waals surface area (Å²) >= 11 is 0. The molecule has 0 saturated heterocycles. The molecule has 0 radical (unpaired) electrons. The van der Waals surface area contributed by atoms with Gasteiger partial charge in [-0.05, 0) is 19.8 Å². The van der Waals surface area contributed by atoms with E-state index in [4.69, 9.17) is 0 Å². The molecule has 1 heterocycles. The molecule has 1 rings (SSSR count). The van der Waals surface area contributed by atoms with Gasteiger partial charge in [0.15, 0.2) is 0 Å². The van der Waals surface area contributed by atoms with E-state index >= 15 is 0 Å². The topological polar surface area (TPSA) is 57.8 Å². The Morgan fingerprint density at radius 2 is 2.54 bits per heavy atom. The van der Waals surface area contributed by atoms with Gasteiger partial charge in [0.05, 0.1) is 6.04 Å². The Morgan fingerprint density at radius 3 is 3.08 bits per heavy atom. The van der Waals surface area contributed by atoms with Crippen molar-refractivity contribution in [2.45, 2.75) is 19.9 Å². The molecule has 0 spiro atoms. The van der Waals surface area contributed by atoms with E-state index in [-0.39, 0.29) is 11.9 Å². The zero-order chi connectivity index (χ0) is 9.68. The summed E-state index contributed by atoms with van der Waals surface area (Å²) in [6.07, 6.45) is 3.35. The molecular weight excluding hydrogens is 166 g/mol. The van der Waals surface area contributed by atoms with Crippen molar-refractivity contribution in [2.24, 2.45) is 0 Å². The third-order valence-corrected chi connectivity index (χ3v) is 1.52. The van der Waals surface area contributed by atoms with Crippen LogP contribution in [-0.2, 0) is 4.79 Å². The normalized spacial score (nSPS) is 11.2. The first kappa shape index (κ1) is 9.33. The highest BCUT2D eigenvalue weighted by molar-refractivity contribution is 5.93. The van der Waals surface area contributed by atoms with Gasteiger partial charge in [-0.3, -0.25) is 4.79 Å². The first-order valence-electron chi connectivity index (χ1n) is 3.96. The Morgan fingerprint density at radius 1 is 1.77 bits per heavy atom. The third-order valence-electron chi connectivity index (χ3n) is 1.52. The standard InChI is InChI=1S/C9H11N3O/c1-3-4-8(13)12-7(2)9-10-5-6-11-9/h5-7H,1-2H3,(H,10,11)(H,12,13). The molecule has 1 atom stereocenters. The third kappa shape index (κ3) is 2.64. The average Bonchev–Trinajstić information content (AvgIpc) is 2.55. The number of aromatic nitrogens is 2. The average molecular weight is 177 g/mol. The molecule has 1 amide bonds. The molecular formula is C9H11N3O. The second kappa shape index (κ2) is 4.31. The Balaban J connectivity index is 2.54. The number of carbonyl (C=O) groups is 1. The fraction of sp³-hybridized carbons (Fsp3) is 0.333. The summed E-state index contributed by atoms with van der Waals surface area (Å²) in [4.78, 5) is 17.9. The van der Waals surface area contributed by atoms with Crippen molar-refractivity contribution in [3.63, 3.8) is 0 Å². The highest BCUT2D eigenvalue weighted by Gasteiger charge is 2.08. The molecule has 1 unspecified atom stereocenters. The minimum absolute atomic E-state index is 0.136. The Kier molecular flexibility index (Phi) is 3.09. The van der Waals surface area contributed by atoms with Gasteiger partial charge in [0.1, 0.15) is 5.82 Å². The van der Waals surface area contributed by atoms with Crippen molar-refractivity contribution in [3.05, 3.63) is 18.2 Å². The molecule has 0 fully saturated rings. The van der Waals surface area contributed by atoms with E-state index < -0.39 is 0 Å². The molecule has 1 aromatic heterocycles. The minimum Gasteiger partial charge on any atom is -0.347 e. The summed E-state index contributed by atoms with van der Waals surface area (Å²) in [5.41, 5.74) is 0. The van der Waals surface area contributed by atoms with Crippen molar-refractivity contribution in [3.8, 4) is 11.8 Å². The first-order valence-corrected chi connectivity index (χ1v) is 3.96. The van der Waals surface area contributed by atoms with E-state index in [0.29, 0.717) is 0 Å². The molecule has 13 heavy (non-hydrogen) atoms. The smallest absolute Gasteiger partial charge is 0.296 e. The van der Waals surface area contributed by atoms with E-state index in [0.717, 1.165) is 5.82 Å². The molecule has 4 nitrogen and oxygen atoms in total. The second-order valence-electron chi connectivity index (χ2n) is 2.54. The number of H-pyrrole nitrogens is 1. The minimum atomic E-state index is -0.286. The number of rotatable bonds is 2. The van der Waals surface area contributed by atoms with E-state index in [9.17, 15) is 4.79 Å². The molecule has 4 heteroatoms. The fourth-order valence-electron chi connectivity index (χ4n) is 0.929. The maximum Gasteiger partial charge on any atom is 0.296 e. The number of imidazole rings is 1. The van der Waals surface area contributed by atoms with Gasteiger partial charge in [0.25, 0.3) is 5.91 Å². The summed E-state index contributed by atoms with van der Waals surface area (Å²) < 4.78 is 0. The van der Waals surface area contributed by atoms with Crippen LogP contribution in [0.25, 0.3) is 0 Å². The quantitative estimate of drug-likeness (QED) is 0.650. The van der Waals surface area contributed by atoms with Crippen molar-refractivity contribution in [2.75, 3.05) is 0 Å². The zero-order valence-electron chi connectivity index (χ0n) is 7.59. The molecule has 0 aromatic carbocycles. The maximum absolute atomic E-state index is 11.0. The van der Waals surface area contributed by atoms with Crippen molar-refractivity contribution >= 4 is 5.91 Å². The molecule has 1 aromatic rings. The lowest BCUT2D eigenvalue weighted by Crippen LogP contribution is -2.25. The Labute approximate surface area is 76.8 Å². The number of nitrogens with one attached hydrogen (secondary N) is 2. The van der Waals surface area contributed by atoms with Gasteiger partial charge in [-0.2, -0.15) is 0 Å². The molecule has 2 N–H and O–H groups in total. The van der Waals surface area contributed by atoms with Crippen LogP contribution in [-0.4, -0.2) is 15.9 Å². The highest BCUT2D eigenvalue weighted by Crippen LogP contribution is 2.03. The molecule has 0 bridgehead atoms. The van der Waals surface area contributed by atoms with Gasteiger partial charge in [0, 0.05) is 12.4 Å². The molecule has 0 saturated carbocycles. The van der Waals surface area contributed by atoms with E-state index in [2.05, 4.69) is 27.1 Å². The lowest BCUT2D eigenvalue weighted by atomic mass is 10.3. The van der Waals surface area contributed by atoms with Gasteiger partial charge >= 0.3 is 0 Å². The van der Waals surface area contributed by atoms with Crippen LogP contribution in [0.3, 0.4) is 0 Å². The van der Waals surface area contributed by atoms with Gasteiger partial charge in [-0.15, -0.1) is 0 Å². The van der Waals surface area contributed by atoms with E-state index in [1.54, 1.807) is 19.3 Å². The van der Waals surface area contributed by atoms with Gasteiger partial charge in [-0.25, -0.2) is 4.98 Å². The number of nitrogens with zero attached hydrogens (tertiary/aromatic N) is 1. The van der Waals surface area contributed by atoms with Crippen LogP contribution in [0.5, 0.6) is 0 Å². The largest absolute Gasteiger partial charge is 0.347 e. The van der Waals surface area contributed by atoms with Crippen LogP contribution in [0, 0.1) is 11.8 Å². The van der Waals surface area contributed by atoms with Crippen LogP contribution >= 0.6 is 0 Å². The maximum atomic E-state index is 11.0. The summed E-state index contributed by atoms with van der Waals surface area (Å²) in [6, 6.07) is -0.136. The first-order chi connectivity index (χ1) is 6.24. The summed E-state index contributed by atoms with van der Waals surface area (Å²) in [5.74, 6) is 5.36. The second-order valence-corrected chi connectivity index (χ2v) is 2.54. The summed E-state index contributed by atoms with van der Waals surface area (Å²) in [5, 5.41) is 2.68. The fourth-order valence-corrected chi connectivity index (χ4v) is 0.929. The molecule has 68 valence electrons. The predicted octanol–water partition coefficient (Wildman–Crippen LogP) is 0.610. The van der Waals surface area contributed by atoms with Crippen LogP contribution in [0.15, 0.2) is 12.4 Å². The monoisotopic (exact) mass is 177 g/mol. The number of hydrogen-bond acceptors (Lipinski definition) is 2. The Bertz CT molecular complexity index is 331. The van der Waals surface area contributed by atoms with E-state index in [1.807, 2.05) is 6.92 Å². The van der Waals surface area contributed by atoms with Gasteiger partial charge in [-0.1, -0.05) is 5.92 Å².